The summed E-state index contributed by atoms with van der Waals surface area (Å²) in [5, 5.41) is 12.6. The van der Waals surface area contributed by atoms with Crippen LogP contribution in [0.5, 0.6) is 0 Å². The van der Waals surface area contributed by atoms with E-state index >= 15 is 4.79 Å². The van der Waals surface area contributed by atoms with Crippen LogP contribution in [0.4, 0.5) is 0 Å². The van der Waals surface area contributed by atoms with Crippen molar-refractivity contribution in [3.63, 3.8) is 0 Å². The molecule has 2 heterocycles. The van der Waals surface area contributed by atoms with E-state index < -0.39 is 29.6 Å². The summed E-state index contributed by atoms with van der Waals surface area (Å²) in [6.07, 6.45) is 14.8. The van der Waals surface area contributed by atoms with E-state index in [1.54, 1.807) is 4.90 Å². The zero-order chi connectivity index (χ0) is 40.6. The van der Waals surface area contributed by atoms with Gasteiger partial charge in [0.2, 0.25) is 29.5 Å². The van der Waals surface area contributed by atoms with Gasteiger partial charge in [-0.3, -0.25) is 24.0 Å². The van der Waals surface area contributed by atoms with Gasteiger partial charge in [-0.2, -0.15) is 0 Å². The van der Waals surface area contributed by atoms with Gasteiger partial charge in [0.15, 0.2) is 0 Å². The molecule has 0 aromatic carbocycles. The highest BCUT2D eigenvalue weighted by molar-refractivity contribution is 5.97. The van der Waals surface area contributed by atoms with Gasteiger partial charge >= 0.3 is 0 Å². The van der Waals surface area contributed by atoms with Gasteiger partial charge < -0.3 is 31.1 Å². The second-order valence-electron chi connectivity index (χ2n) is 20.3. The van der Waals surface area contributed by atoms with E-state index in [9.17, 15) is 19.2 Å². The number of carbonyl (C=O) groups excluding carboxylic acids is 5. The number of hydrogen-bond donors (Lipinski definition) is 4. The van der Waals surface area contributed by atoms with Crippen LogP contribution in [0.2, 0.25) is 0 Å². The van der Waals surface area contributed by atoms with Crippen LogP contribution in [0.3, 0.4) is 0 Å². The van der Waals surface area contributed by atoms with Gasteiger partial charge in [-0.15, -0.1) is 0 Å². The monoisotopic (exact) mass is 779 g/mol. The predicted octanol–water partition coefficient (Wildman–Crippen LogP) is 5.62. The van der Waals surface area contributed by atoms with Gasteiger partial charge in [-0.05, 0) is 106 Å². The number of amides is 5. The lowest BCUT2D eigenvalue weighted by Crippen LogP contribution is -2.62. The van der Waals surface area contributed by atoms with Crippen molar-refractivity contribution in [2.24, 2.45) is 33.5 Å². The predicted molar refractivity (Wildman–Crippen MR) is 219 cm³/mol. The van der Waals surface area contributed by atoms with Crippen molar-refractivity contribution in [1.29, 1.82) is 0 Å². The maximum absolute atomic E-state index is 15.2. The Morgan fingerprint density at radius 1 is 0.821 bits per heavy atom. The summed E-state index contributed by atoms with van der Waals surface area (Å²) in [4.78, 5) is 75.5. The van der Waals surface area contributed by atoms with Gasteiger partial charge in [-0.1, -0.05) is 87.1 Å². The lowest BCUT2D eigenvalue weighted by molar-refractivity contribution is -0.145. The molecule has 4 saturated carbocycles. The minimum absolute atomic E-state index is 0.00112. The lowest BCUT2D eigenvalue weighted by atomic mass is 9.73. The summed E-state index contributed by atoms with van der Waals surface area (Å²) in [5.74, 6) is -1.28. The first kappa shape index (κ1) is 42.7. The van der Waals surface area contributed by atoms with Crippen molar-refractivity contribution in [3.8, 4) is 0 Å². The smallest absolute Gasteiger partial charge is 0.248 e. The summed E-state index contributed by atoms with van der Waals surface area (Å²) < 4.78 is 0. The molecule has 6 fully saturated rings. The number of fused-ring (bicyclic) bond motifs is 1. The molecule has 5 amide bonds. The fraction of sp³-hybridized carbons (Fsp3) is 0.844. The van der Waals surface area contributed by atoms with Crippen LogP contribution >= 0.6 is 0 Å². The van der Waals surface area contributed by atoms with E-state index in [-0.39, 0.29) is 63.7 Å². The zero-order valence-electron chi connectivity index (χ0n) is 35.8. The Kier molecular flexibility index (Phi) is 12.7. The first-order valence-corrected chi connectivity index (χ1v) is 22.4. The molecule has 1 unspecified atom stereocenters. The number of likely N-dealkylation sites (tertiary alicyclic amines) is 2. The summed E-state index contributed by atoms with van der Waals surface area (Å²) in [6, 6.07) is -2.75. The van der Waals surface area contributed by atoms with E-state index in [0.29, 0.717) is 31.5 Å². The molecule has 4 N–H and O–H groups in total. The molecule has 6 atom stereocenters. The van der Waals surface area contributed by atoms with Gasteiger partial charge in [0.05, 0.1) is 12.0 Å². The highest BCUT2D eigenvalue weighted by Gasteiger charge is 2.85. The second kappa shape index (κ2) is 16.7. The normalized spacial score (nSPS) is 28.8. The fourth-order valence-corrected chi connectivity index (χ4v) is 11.6. The number of nitrogens with one attached hydrogen (secondary N) is 4. The van der Waals surface area contributed by atoms with Crippen LogP contribution in [0.1, 0.15) is 151 Å². The highest BCUT2D eigenvalue weighted by atomic mass is 16.2. The summed E-state index contributed by atoms with van der Waals surface area (Å²) in [5.41, 5.74) is -0.478. The first-order chi connectivity index (χ1) is 26.5. The van der Waals surface area contributed by atoms with Crippen LogP contribution in [-0.2, 0) is 24.0 Å². The van der Waals surface area contributed by atoms with Crippen LogP contribution in [-0.4, -0.2) is 95.7 Å². The Balaban J connectivity index is 1.24. The van der Waals surface area contributed by atoms with Crippen LogP contribution < -0.4 is 21.3 Å². The molecule has 0 aromatic rings. The Morgan fingerprint density at radius 2 is 1.52 bits per heavy atom. The Hall–Kier alpha value is -2.95. The molecule has 2 saturated heterocycles. The molecule has 11 nitrogen and oxygen atoms in total. The molecule has 0 aromatic heterocycles. The molecule has 4 aliphatic carbocycles. The van der Waals surface area contributed by atoms with Crippen molar-refractivity contribution in [1.82, 2.24) is 31.1 Å². The number of piperidine rings is 1. The van der Waals surface area contributed by atoms with Gasteiger partial charge in [0.1, 0.15) is 18.1 Å². The minimum atomic E-state index is -0.914. The van der Waals surface area contributed by atoms with Gasteiger partial charge in [-0.25, -0.2) is 0 Å². The van der Waals surface area contributed by atoms with Crippen LogP contribution in [0.25, 0.3) is 0 Å². The van der Waals surface area contributed by atoms with Crippen molar-refractivity contribution in [2.45, 2.75) is 181 Å². The third kappa shape index (κ3) is 8.18. The Labute approximate surface area is 337 Å². The van der Waals surface area contributed by atoms with E-state index in [4.69, 9.17) is 0 Å². The standard InChI is InChI=1S/C45H74N6O5/c1-9-16-33(29(3)37(52)46-32-20-21-32)47-39(54)34-26-45(43(7,8)44(45)22-15-23-44)28-51(34)41(56)36(42(4,5)6)49-40(55)35(30-17-12-11-13-18-30)48-38(53)31-19-14-25-50(27-31)24-10-2/h30-36H,3,9-28H2,1-2,4-8H3,(H,46,52)(H,47,54)(H,48,53)(H,49,55)/t31-,33+,34+,35?,36-,45-/m1/s1. The van der Waals surface area contributed by atoms with Gasteiger partial charge in [0.25, 0.3) is 0 Å². The number of nitrogens with zero attached hydrogens (tertiary/aromatic N) is 2. The summed E-state index contributed by atoms with van der Waals surface area (Å²) >= 11 is 0. The third-order valence-electron chi connectivity index (χ3n) is 15.4. The number of carbonyl (C=O) groups is 5. The minimum Gasteiger partial charge on any atom is -0.350 e. The first-order valence-electron chi connectivity index (χ1n) is 22.4. The number of hydrogen-bond acceptors (Lipinski definition) is 6. The lowest BCUT2D eigenvalue weighted by Gasteiger charge is -2.38. The summed E-state index contributed by atoms with van der Waals surface area (Å²) in [7, 11) is 0. The molecular formula is C45H74N6O5. The van der Waals surface area contributed by atoms with Crippen molar-refractivity contribution in [2.75, 3.05) is 26.2 Å². The van der Waals surface area contributed by atoms with Crippen molar-refractivity contribution < 1.29 is 24.0 Å². The second-order valence-corrected chi connectivity index (χ2v) is 20.3. The van der Waals surface area contributed by atoms with Crippen molar-refractivity contribution in [3.05, 3.63) is 12.2 Å². The van der Waals surface area contributed by atoms with Crippen LogP contribution in [0, 0.1) is 33.5 Å². The average molecular weight is 779 g/mol. The van der Waals surface area contributed by atoms with Crippen LogP contribution in [0.15, 0.2) is 12.2 Å². The average Bonchev–Trinajstić information content (AvgIpc) is 3.97. The largest absolute Gasteiger partial charge is 0.350 e. The van der Waals surface area contributed by atoms with E-state index in [1.165, 1.54) is 0 Å². The molecule has 0 radical (unpaired) electrons. The molecule has 11 heteroatoms. The molecule has 6 rings (SSSR count). The molecular weight excluding hydrogens is 705 g/mol. The Bertz CT molecular complexity index is 1500. The van der Waals surface area contributed by atoms with Crippen molar-refractivity contribution >= 4 is 29.5 Å². The SMILES string of the molecule is C=C(C(=O)NC1CC1)[C@H](CCC)NC(=O)[C@@H]1C[C@@]2(CN1C(=O)[C@@H](NC(=O)C(NC(=O)[C@@H]1CCCN(CCC)C1)C1CCCCC1)C(C)(C)C)C(C)(C)C21CCC1. The van der Waals surface area contributed by atoms with E-state index in [1.807, 2.05) is 27.7 Å². The molecule has 314 valence electrons. The molecule has 6 aliphatic rings. The number of rotatable bonds is 15. The van der Waals surface area contributed by atoms with E-state index in [2.05, 4.69) is 53.5 Å². The topological polar surface area (TPSA) is 140 Å². The van der Waals surface area contributed by atoms with Gasteiger partial charge in [0, 0.05) is 30.1 Å². The quantitative estimate of drug-likeness (QED) is 0.159. The Morgan fingerprint density at radius 3 is 2.09 bits per heavy atom. The molecule has 56 heavy (non-hydrogen) atoms. The molecule has 0 bridgehead atoms. The zero-order valence-corrected chi connectivity index (χ0v) is 35.8. The summed E-state index contributed by atoms with van der Waals surface area (Å²) in [6.45, 7) is 21.9. The highest BCUT2D eigenvalue weighted by Crippen LogP contribution is 2.88. The molecule has 2 aliphatic heterocycles. The molecule has 2 spiro atoms. The maximum atomic E-state index is 15.2. The maximum Gasteiger partial charge on any atom is 0.248 e. The fourth-order valence-electron chi connectivity index (χ4n) is 11.6. The third-order valence-corrected chi connectivity index (χ3v) is 15.4. The van der Waals surface area contributed by atoms with E-state index in [0.717, 1.165) is 103 Å².